The third-order valence-corrected chi connectivity index (χ3v) is 5.43. The molecule has 0 spiro atoms. The summed E-state index contributed by atoms with van der Waals surface area (Å²) in [6.07, 6.45) is 2.35. The SMILES string of the molecule is CC1CN(CC2(CS)CCOCC2)CC1N(C)C. The minimum atomic E-state index is 0.391. The lowest BCUT2D eigenvalue weighted by molar-refractivity contribution is 0.0103. The van der Waals surface area contributed by atoms with Gasteiger partial charge >= 0.3 is 0 Å². The topological polar surface area (TPSA) is 15.7 Å². The average molecular weight is 272 g/mol. The van der Waals surface area contributed by atoms with Gasteiger partial charge in [-0.2, -0.15) is 12.6 Å². The maximum atomic E-state index is 5.51. The zero-order valence-corrected chi connectivity index (χ0v) is 13.0. The third-order valence-electron chi connectivity index (χ3n) is 4.76. The van der Waals surface area contributed by atoms with E-state index in [2.05, 4.69) is 43.4 Å². The lowest BCUT2D eigenvalue weighted by Crippen LogP contribution is -2.43. The Balaban J connectivity index is 1.93. The van der Waals surface area contributed by atoms with Gasteiger partial charge < -0.3 is 14.5 Å². The van der Waals surface area contributed by atoms with Crippen molar-refractivity contribution >= 4 is 12.6 Å². The van der Waals surface area contributed by atoms with Gasteiger partial charge in [0.2, 0.25) is 0 Å². The fourth-order valence-electron chi connectivity index (χ4n) is 3.49. The Labute approximate surface area is 117 Å². The molecule has 4 heteroatoms. The first-order chi connectivity index (χ1) is 8.56. The second kappa shape index (κ2) is 6.12. The fraction of sp³-hybridized carbons (Fsp3) is 1.00. The Hall–Kier alpha value is 0.230. The zero-order valence-electron chi connectivity index (χ0n) is 12.1. The van der Waals surface area contributed by atoms with Crippen molar-refractivity contribution in [2.24, 2.45) is 11.3 Å². The van der Waals surface area contributed by atoms with Crippen LogP contribution >= 0.6 is 12.6 Å². The van der Waals surface area contributed by atoms with Crippen molar-refractivity contribution in [3.05, 3.63) is 0 Å². The van der Waals surface area contributed by atoms with Crippen LogP contribution in [0.4, 0.5) is 0 Å². The van der Waals surface area contributed by atoms with Crippen LogP contribution in [0.2, 0.25) is 0 Å². The molecule has 2 rings (SSSR count). The van der Waals surface area contributed by atoms with E-state index < -0.39 is 0 Å². The molecule has 2 fully saturated rings. The molecule has 2 unspecified atom stereocenters. The summed E-state index contributed by atoms with van der Waals surface area (Å²) in [7, 11) is 4.40. The standard InChI is InChI=1S/C14H28N2OS/c1-12-8-16(9-13(12)15(2)3)10-14(11-18)4-6-17-7-5-14/h12-13,18H,4-11H2,1-3H3. The first-order valence-corrected chi connectivity index (χ1v) is 7.77. The summed E-state index contributed by atoms with van der Waals surface area (Å²) in [5.41, 5.74) is 0.391. The van der Waals surface area contributed by atoms with Gasteiger partial charge in [0.05, 0.1) is 0 Å². The summed E-state index contributed by atoms with van der Waals surface area (Å²) in [6, 6.07) is 0.710. The summed E-state index contributed by atoms with van der Waals surface area (Å²) in [4.78, 5) is 5.03. The molecule has 0 aliphatic carbocycles. The Morgan fingerprint density at radius 3 is 2.44 bits per heavy atom. The van der Waals surface area contributed by atoms with Crippen LogP contribution in [0.1, 0.15) is 19.8 Å². The van der Waals surface area contributed by atoms with Crippen molar-refractivity contribution < 1.29 is 4.74 Å². The first kappa shape index (κ1) is 14.6. The molecule has 18 heavy (non-hydrogen) atoms. The number of nitrogens with zero attached hydrogens (tertiary/aromatic N) is 2. The van der Waals surface area contributed by atoms with Gasteiger partial charge in [0, 0.05) is 38.9 Å². The number of thiol groups is 1. The van der Waals surface area contributed by atoms with Crippen molar-refractivity contribution in [3.8, 4) is 0 Å². The number of ether oxygens (including phenoxy) is 1. The molecule has 2 aliphatic heterocycles. The number of hydrogen-bond donors (Lipinski definition) is 1. The Kier molecular flexibility index (Phi) is 4.98. The van der Waals surface area contributed by atoms with Gasteiger partial charge in [-0.1, -0.05) is 6.92 Å². The van der Waals surface area contributed by atoms with Crippen LogP contribution in [-0.2, 0) is 4.74 Å². The fourth-order valence-corrected chi connectivity index (χ4v) is 3.91. The van der Waals surface area contributed by atoms with E-state index in [0.717, 1.165) is 24.9 Å². The van der Waals surface area contributed by atoms with Gasteiger partial charge in [0.15, 0.2) is 0 Å². The maximum Gasteiger partial charge on any atom is 0.0472 e. The second-order valence-corrected chi connectivity index (χ2v) is 6.79. The van der Waals surface area contributed by atoms with Crippen molar-refractivity contribution in [1.82, 2.24) is 9.80 Å². The first-order valence-electron chi connectivity index (χ1n) is 7.14. The highest BCUT2D eigenvalue weighted by atomic mass is 32.1. The summed E-state index contributed by atoms with van der Waals surface area (Å²) < 4.78 is 5.51. The van der Waals surface area contributed by atoms with Gasteiger partial charge in [-0.3, -0.25) is 0 Å². The van der Waals surface area contributed by atoms with Crippen LogP contribution in [-0.4, -0.2) is 68.5 Å². The van der Waals surface area contributed by atoms with Crippen LogP contribution in [0, 0.1) is 11.3 Å². The molecule has 2 aliphatic rings. The molecule has 2 atom stereocenters. The lowest BCUT2D eigenvalue weighted by atomic mass is 9.81. The highest BCUT2D eigenvalue weighted by molar-refractivity contribution is 7.80. The van der Waals surface area contributed by atoms with Gasteiger partial charge in [0.25, 0.3) is 0 Å². The van der Waals surface area contributed by atoms with E-state index in [0.29, 0.717) is 11.5 Å². The molecular weight excluding hydrogens is 244 g/mol. The van der Waals surface area contributed by atoms with E-state index in [1.807, 2.05) is 0 Å². The third kappa shape index (κ3) is 3.21. The summed E-state index contributed by atoms with van der Waals surface area (Å²) in [5, 5.41) is 0. The van der Waals surface area contributed by atoms with E-state index in [1.54, 1.807) is 0 Å². The molecule has 3 nitrogen and oxygen atoms in total. The van der Waals surface area contributed by atoms with Crippen molar-refractivity contribution in [2.75, 3.05) is 52.7 Å². The number of likely N-dealkylation sites (tertiary alicyclic amines) is 1. The number of hydrogen-bond acceptors (Lipinski definition) is 4. The molecular formula is C14H28N2OS. The number of likely N-dealkylation sites (N-methyl/N-ethyl adjacent to an activating group) is 1. The molecule has 2 saturated heterocycles. The quantitative estimate of drug-likeness (QED) is 0.783. The molecule has 0 aromatic carbocycles. The van der Waals surface area contributed by atoms with E-state index in [-0.39, 0.29) is 0 Å². The molecule has 0 N–H and O–H groups in total. The summed E-state index contributed by atoms with van der Waals surface area (Å²) in [6.45, 7) is 7.86. The predicted octanol–water partition coefficient (Wildman–Crippen LogP) is 1.59. The minimum Gasteiger partial charge on any atom is -0.381 e. The second-order valence-electron chi connectivity index (χ2n) is 6.47. The van der Waals surface area contributed by atoms with Gasteiger partial charge in [-0.05, 0) is 44.0 Å². The molecule has 2 heterocycles. The van der Waals surface area contributed by atoms with Crippen LogP contribution in [0.25, 0.3) is 0 Å². The van der Waals surface area contributed by atoms with Gasteiger partial charge in [0.1, 0.15) is 0 Å². The summed E-state index contributed by atoms with van der Waals surface area (Å²) >= 11 is 4.61. The smallest absolute Gasteiger partial charge is 0.0472 e. The van der Waals surface area contributed by atoms with E-state index >= 15 is 0 Å². The highest BCUT2D eigenvalue weighted by Gasteiger charge is 2.38. The number of rotatable bonds is 4. The Bertz CT molecular complexity index is 267. The zero-order chi connectivity index (χ0) is 13.2. The van der Waals surface area contributed by atoms with E-state index in [1.165, 1.54) is 32.5 Å². The van der Waals surface area contributed by atoms with Gasteiger partial charge in [-0.25, -0.2) is 0 Å². The summed E-state index contributed by atoms with van der Waals surface area (Å²) in [5.74, 6) is 1.77. The average Bonchev–Trinajstić information content (AvgIpc) is 2.71. The molecule has 0 bridgehead atoms. The van der Waals surface area contributed by atoms with Crippen LogP contribution in [0.15, 0.2) is 0 Å². The monoisotopic (exact) mass is 272 g/mol. The van der Waals surface area contributed by atoms with Crippen molar-refractivity contribution in [1.29, 1.82) is 0 Å². The predicted molar refractivity (Wildman–Crippen MR) is 79.4 cm³/mol. The maximum absolute atomic E-state index is 5.51. The molecule has 106 valence electrons. The molecule has 0 aromatic rings. The molecule has 0 amide bonds. The van der Waals surface area contributed by atoms with Crippen molar-refractivity contribution in [3.63, 3.8) is 0 Å². The normalized spacial score (nSPS) is 33.2. The van der Waals surface area contributed by atoms with E-state index in [4.69, 9.17) is 4.74 Å². The molecule has 0 saturated carbocycles. The molecule has 0 aromatic heterocycles. The Morgan fingerprint density at radius 2 is 1.94 bits per heavy atom. The lowest BCUT2D eigenvalue weighted by Gasteiger charge is -2.39. The largest absolute Gasteiger partial charge is 0.381 e. The van der Waals surface area contributed by atoms with Gasteiger partial charge in [-0.15, -0.1) is 0 Å². The van der Waals surface area contributed by atoms with Crippen LogP contribution in [0.3, 0.4) is 0 Å². The Morgan fingerprint density at radius 1 is 1.28 bits per heavy atom. The van der Waals surface area contributed by atoms with Crippen LogP contribution < -0.4 is 0 Å². The highest BCUT2D eigenvalue weighted by Crippen LogP contribution is 2.34. The molecule has 0 radical (unpaired) electrons. The van der Waals surface area contributed by atoms with Crippen molar-refractivity contribution in [2.45, 2.75) is 25.8 Å². The van der Waals surface area contributed by atoms with E-state index in [9.17, 15) is 0 Å². The van der Waals surface area contributed by atoms with Crippen LogP contribution in [0.5, 0.6) is 0 Å². The minimum absolute atomic E-state index is 0.391.